The van der Waals surface area contributed by atoms with Gasteiger partial charge in [-0.2, -0.15) is 0 Å². The van der Waals surface area contributed by atoms with Gasteiger partial charge in [-0.3, -0.25) is 10.2 Å². The van der Waals surface area contributed by atoms with Crippen molar-refractivity contribution >= 4 is 23.3 Å². The van der Waals surface area contributed by atoms with Gasteiger partial charge in [-0.25, -0.2) is 4.68 Å². The van der Waals surface area contributed by atoms with Crippen LogP contribution in [0.25, 0.3) is 0 Å². The zero-order chi connectivity index (χ0) is 19.7. The van der Waals surface area contributed by atoms with Crippen molar-refractivity contribution in [1.82, 2.24) is 14.9 Å². The number of benzene rings is 1. The highest BCUT2D eigenvalue weighted by Gasteiger charge is 2.37. The minimum Gasteiger partial charge on any atom is -0.395 e. The maximum absolute atomic E-state index is 12.4. The lowest BCUT2D eigenvalue weighted by molar-refractivity contribution is -0.117. The third kappa shape index (κ3) is 3.82. The monoisotopic (exact) mass is 397 g/mol. The van der Waals surface area contributed by atoms with Crippen molar-refractivity contribution in [2.75, 3.05) is 12.0 Å². The average Bonchev–Trinajstić information content (AvgIpc) is 3.05. The number of rotatable bonds is 5. The number of allylic oxidation sites excluding steroid dienone is 2. The first-order chi connectivity index (χ1) is 13.4. The van der Waals surface area contributed by atoms with E-state index in [1.807, 2.05) is 41.9 Å². The van der Waals surface area contributed by atoms with Crippen LogP contribution in [0, 0.1) is 5.41 Å². The van der Waals surface area contributed by atoms with Gasteiger partial charge in [0, 0.05) is 12.8 Å². The summed E-state index contributed by atoms with van der Waals surface area (Å²) >= 11 is 1.40. The third-order valence-corrected chi connectivity index (χ3v) is 5.90. The van der Waals surface area contributed by atoms with Gasteiger partial charge in [0.25, 0.3) is 0 Å². The van der Waals surface area contributed by atoms with Gasteiger partial charge in [0.05, 0.1) is 16.3 Å². The lowest BCUT2D eigenvalue weighted by Gasteiger charge is -2.34. The van der Waals surface area contributed by atoms with E-state index in [0.29, 0.717) is 24.6 Å². The molecule has 1 aromatic heterocycles. The molecule has 0 unspecified atom stereocenters. The first-order valence-electron chi connectivity index (χ1n) is 9.30. The molecule has 28 heavy (non-hydrogen) atoms. The second kappa shape index (κ2) is 7.43. The Balaban J connectivity index is 1.40. The maximum Gasteiger partial charge on any atom is 0.215 e. The normalized spacial score (nSPS) is 18.4. The molecule has 4 rings (SSSR count). The predicted octanol–water partition coefficient (Wildman–Crippen LogP) is 3.51. The Bertz CT molecular complexity index is 962. The number of carbonyl (C=O) groups excluding carboxylic acids is 1. The van der Waals surface area contributed by atoms with E-state index < -0.39 is 0 Å². The number of nitrogens with zero attached hydrogens (tertiary/aromatic N) is 4. The zero-order valence-electron chi connectivity index (χ0n) is 16.2. The van der Waals surface area contributed by atoms with E-state index in [0.717, 1.165) is 34.1 Å². The fraction of sp³-hybridized carbons (Fsp3) is 0.400. The van der Waals surface area contributed by atoms with Gasteiger partial charge in [0.15, 0.2) is 11.6 Å². The predicted molar refractivity (Wildman–Crippen MR) is 109 cm³/mol. The molecule has 1 aromatic carbocycles. The van der Waals surface area contributed by atoms with Crippen molar-refractivity contribution in [2.45, 2.75) is 45.2 Å². The Morgan fingerprint density at radius 3 is 2.86 bits per heavy atom. The van der Waals surface area contributed by atoms with Crippen LogP contribution in [-0.4, -0.2) is 33.0 Å². The molecular weight excluding hydrogens is 374 g/mol. The van der Waals surface area contributed by atoms with Crippen LogP contribution < -0.4 is 5.43 Å². The Morgan fingerprint density at radius 2 is 2.07 bits per heavy atom. The van der Waals surface area contributed by atoms with Crippen molar-refractivity contribution in [3.63, 3.8) is 0 Å². The minimum atomic E-state index is -0.0397. The molecule has 8 heteroatoms. The van der Waals surface area contributed by atoms with E-state index in [9.17, 15) is 4.79 Å². The summed E-state index contributed by atoms with van der Waals surface area (Å²) in [5.74, 6) is 0.936. The molecule has 7 nitrogen and oxygen atoms in total. The van der Waals surface area contributed by atoms with E-state index in [-0.39, 0.29) is 11.2 Å². The Labute approximate surface area is 168 Å². The number of ketones is 1. The highest BCUT2D eigenvalue weighted by atomic mass is 32.2. The van der Waals surface area contributed by atoms with E-state index in [1.54, 1.807) is 0 Å². The molecule has 0 bridgehead atoms. The van der Waals surface area contributed by atoms with Crippen LogP contribution in [-0.2, 0) is 16.1 Å². The molecule has 0 saturated heterocycles. The highest BCUT2D eigenvalue weighted by molar-refractivity contribution is 8.04. The summed E-state index contributed by atoms with van der Waals surface area (Å²) in [7, 11) is 0. The lowest BCUT2D eigenvalue weighted by atomic mass is 9.79. The summed E-state index contributed by atoms with van der Waals surface area (Å²) in [5.41, 5.74) is 6.13. The molecule has 0 radical (unpaired) electrons. The van der Waals surface area contributed by atoms with Gasteiger partial charge in [-0.05, 0) is 36.1 Å². The minimum absolute atomic E-state index is 0.0397. The largest absolute Gasteiger partial charge is 0.395 e. The Kier molecular flexibility index (Phi) is 4.97. The zero-order valence-corrected chi connectivity index (χ0v) is 17.0. The molecule has 2 aromatic rings. The van der Waals surface area contributed by atoms with Gasteiger partial charge < -0.3 is 4.84 Å². The fourth-order valence-corrected chi connectivity index (χ4v) is 4.33. The van der Waals surface area contributed by atoms with Gasteiger partial charge in [0.1, 0.15) is 6.61 Å². The van der Waals surface area contributed by atoms with E-state index in [4.69, 9.17) is 4.84 Å². The molecule has 1 aliphatic carbocycles. The Morgan fingerprint density at radius 1 is 1.29 bits per heavy atom. The molecule has 2 aliphatic rings. The summed E-state index contributed by atoms with van der Waals surface area (Å²) in [6.07, 6.45) is 1.95. The smallest absolute Gasteiger partial charge is 0.215 e. The van der Waals surface area contributed by atoms with Crippen molar-refractivity contribution in [2.24, 2.45) is 10.6 Å². The van der Waals surface area contributed by atoms with Gasteiger partial charge >= 0.3 is 0 Å². The summed E-state index contributed by atoms with van der Waals surface area (Å²) in [5, 5.41) is 13.3. The number of oxime groups is 1. The first kappa shape index (κ1) is 18.7. The van der Waals surface area contributed by atoms with Crippen LogP contribution in [0.2, 0.25) is 0 Å². The van der Waals surface area contributed by atoms with Crippen LogP contribution in [0.5, 0.6) is 0 Å². The van der Waals surface area contributed by atoms with Crippen molar-refractivity contribution in [1.29, 1.82) is 0 Å². The van der Waals surface area contributed by atoms with Crippen LogP contribution in [0.15, 0.2) is 51.2 Å². The highest BCUT2D eigenvalue weighted by Crippen LogP contribution is 2.43. The maximum atomic E-state index is 12.4. The SMILES string of the molecule is C/C(=N\OCCc1nnc2n1NC1=C(S2)C(=O)CC(C)(C)C1)c1ccccc1. The number of thioether (sulfide) groups is 1. The molecule has 1 N–H and O–H groups in total. The van der Waals surface area contributed by atoms with Gasteiger partial charge in [-0.15, -0.1) is 10.2 Å². The number of carbonyl (C=O) groups is 1. The molecule has 0 saturated carbocycles. The second-order valence-corrected chi connectivity index (χ2v) is 8.80. The van der Waals surface area contributed by atoms with Crippen LogP contribution in [0.4, 0.5) is 0 Å². The molecular formula is C20H23N5O2S. The summed E-state index contributed by atoms with van der Waals surface area (Å²) in [6, 6.07) is 9.91. The molecule has 0 atom stereocenters. The van der Waals surface area contributed by atoms with Gasteiger partial charge in [0.2, 0.25) is 5.16 Å². The van der Waals surface area contributed by atoms with E-state index in [1.165, 1.54) is 11.8 Å². The van der Waals surface area contributed by atoms with E-state index >= 15 is 0 Å². The number of aromatic nitrogens is 3. The average molecular weight is 398 g/mol. The molecule has 0 amide bonds. The number of nitrogens with one attached hydrogen (secondary N) is 1. The molecule has 0 spiro atoms. The van der Waals surface area contributed by atoms with Crippen LogP contribution in [0.1, 0.15) is 45.0 Å². The molecule has 1 aliphatic heterocycles. The molecule has 146 valence electrons. The van der Waals surface area contributed by atoms with Gasteiger partial charge in [-0.1, -0.05) is 49.3 Å². The molecule has 0 fully saturated rings. The molecule has 2 heterocycles. The fourth-order valence-electron chi connectivity index (χ4n) is 3.39. The number of hydrogen-bond donors (Lipinski definition) is 1. The van der Waals surface area contributed by atoms with Crippen LogP contribution in [0.3, 0.4) is 0 Å². The second-order valence-electron chi connectivity index (χ2n) is 7.82. The van der Waals surface area contributed by atoms with Crippen molar-refractivity contribution < 1.29 is 9.63 Å². The number of hydrogen-bond acceptors (Lipinski definition) is 7. The quantitative estimate of drug-likeness (QED) is 0.472. The summed E-state index contributed by atoms with van der Waals surface area (Å²) in [6.45, 7) is 6.54. The van der Waals surface area contributed by atoms with E-state index in [2.05, 4.69) is 34.6 Å². The van der Waals surface area contributed by atoms with Crippen molar-refractivity contribution in [3.8, 4) is 0 Å². The number of Topliss-reactive ketones (excluding diaryl/α,β-unsaturated/α-hetero) is 1. The van der Waals surface area contributed by atoms with Crippen molar-refractivity contribution in [3.05, 3.63) is 52.3 Å². The first-order valence-corrected chi connectivity index (χ1v) is 10.1. The lowest BCUT2D eigenvalue weighted by Crippen LogP contribution is -2.33. The third-order valence-electron chi connectivity index (χ3n) is 4.77. The summed E-state index contributed by atoms with van der Waals surface area (Å²) in [4.78, 5) is 18.7. The standard InChI is InChI=1S/C20H23N5O2S/c1-13(14-7-5-4-6-8-14)24-27-10-9-17-21-22-19-25(17)23-15-11-20(2,3)12-16(26)18(15)28-19/h4-8,23H,9-12H2,1-3H3/b24-13+. The topological polar surface area (TPSA) is 81.4 Å². The van der Waals surface area contributed by atoms with Crippen LogP contribution >= 0.6 is 11.8 Å². The number of fused-ring (bicyclic) bond motifs is 1. The summed E-state index contributed by atoms with van der Waals surface area (Å²) < 4.78 is 1.86. The Hall–Kier alpha value is -2.61.